The molecule has 3 aromatic rings. The van der Waals surface area contributed by atoms with Crippen LogP contribution in [0.2, 0.25) is 0 Å². The first-order chi connectivity index (χ1) is 21.9. The molecule has 45 heavy (non-hydrogen) atoms. The third-order valence-corrected chi connectivity index (χ3v) is 8.05. The molecule has 232 valence electrons. The molecule has 0 heterocycles. The van der Waals surface area contributed by atoms with Crippen LogP contribution in [0.3, 0.4) is 0 Å². The smallest absolute Gasteiger partial charge is 0.330 e. The Labute approximate surface area is 262 Å². The van der Waals surface area contributed by atoms with E-state index >= 15 is 0 Å². The fourth-order valence-corrected chi connectivity index (χ4v) is 6.09. The van der Waals surface area contributed by atoms with E-state index in [2.05, 4.69) is 86.0 Å². The normalized spacial score (nSPS) is 20.7. The number of aliphatic hydroxyl groups is 2. The van der Waals surface area contributed by atoms with Gasteiger partial charge in [-0.2, -0.15) is 0 Å². The summed E-state index contributed by atoms with van der Waals surface area (Å²) in [6.07, 6.45) is 8.83. The standard InChI is InChI=1S/C37H36O8/c1-3-35(40)44-23-27(38)21-42-29-17-13-25(14-18-29)37(33-11-7-5-9-31(33)32-10-6-8-12-34(32)37)26-15-19-30(20-16-26)43-22-28(39)24-45-36(41)4-2/h3-20,27-28,31,33,38-39H,1-2,21-24H2. The summed E-state index contributed by atoms with van der Waals surface area (Å²) in [5.74, 6) is 0.224. The summed E-state index contributed by atoms with van der Waals surface area (Å²) in [6.45, 7) is 6.24. The molecule has 8 nitrogen and oxygen atoms in total. The van der Waals surface area contributed by atoms with E-state index in [0.29, 0.717) is 11.5 Å². The predicted molar refractivity (Wildman–Crippen MR) is 169 cm³/mol. The van der Waals surface area contributed by atoms with Crippen molar-refractivity contribution < 1.29 is 38.7 Å². The van der Waals surface area contributed by atoms with Crippen molar-refractivity contribution in [1.82, 2.24) is 0 Å². The van der Waals surface area contributed by atoms with E-state index in [9.17, 15) is 19.8 Å². The number of benzene rings is 3. The van der Waals surface area contributed by atoms with Gasteiger partial charge in [-0.05, 0) is 46.5 Å². The molecule has 5 rings (SSSR count). The maximum atomic E-state index is 11.3. The lowest BCUT2D eigenvalue weighted by Crippen LogP contribution is -2.35. The fourth-order valence-electron chi connectivity index (χ4n) is 6.09. The van der Waals surface area contributed by atoms with Crippen molar-refractivity contribution in [2.75, 3.05) is 26.4 Å². The van der Waals surface area contributed by atoms with E-state index in [1.165, 1.54) is 11.1 Å². The lowest BCUT2D eigenvalue weighted by atomic mass is 9.63. The number of allylic oxidation sites excluding steroid dienone is 4. The van der Waals surface area contributed by atoms with Gasteiger partial charge in [0.15, 0.2) is 0 Å². The molecule has 3 aromatic carbocycles. The zero-order valence-corrected chi connectivity index (χ0v) is 24.8. The molecule has 0 aliphatic heterocycles. The van der Waals surface area contributed by atoms with E-state index in [1.54, 1.807) is 0 Å². The summed E-state index contributed by atoms with van der Waals surface area (Å²) in [5.41, 5.74) is 4.08. The maximum absolute atomic E-state index is 11.3. The summed E-state index contributed by atoms with van der Waals surface area (Å²) in [4.78, 5) is 22.6. The minimum atomic E-state index is -0.981. The molecule has 2 aliphatic rings. The minimum absolute atomic E-state index is 0.0389. The van der Waals surface area contributed by atoms with E-state index in [1.807, 2.05) is 24.3 Å². The Hall–Kier alpha value is -4.92. The highest BCUT2D eigenvalue weighted by Crippen LogP contribution is 2.59. The Bertz CT molecular complexity index is 1490. The SMILES string of the molecule is C=CC(=O)OCC(O)COc1ccc(C2(c3ccc(OCC(O)COC(=O)C=C)cc3)c3ccccc3C3C=CC=CC32)cc1. The van der Waals surface area contributed by atoms with Gasteiger partial charge in [-0.3, -0.25) is 0 Å². The molecular weight excluding hydrogens is 572 g/mol. The van der Waals surface area contributed by atoms with Gasteiger partial charge in [0.25, 0.3) is 0 Å². The van der Waals surface area contributed by atoms with Gasteiger partial charge in [-0.15, -0.1) is 0 Å². The molecule has 0 radical (unpaired) electrons. The zero-order chi connectivity index (χ0) is 31.8. The summed E-state index contributed by atoms with van der Waals surface area (Å²) in [6, 6.07) is 24.3. The largest absolute Gasteiger partial charge is 0.491 e. The third-order valence-electron chi connectivity index (χ3n) is 8.05. The highest BCUT2D eigenvalue weighted by Gasteiger charge is 2.52. The van der Waals surface area contributed by atoms with Crippen LogP contribution in [0.25, 0.3) is 0 Å². The van der Waals surface area contributed by atoms with Crippen LogP contribution in [0.15, 0.2) is 122 Å². The Morgan fingerprint density at radius 3 is 1.71 bits per heavy atom. The maximum Gasteiger partial charge on any atom is 0.330 e. The third kappa shape index (κ3) is 6.77. The van der Waals surface area contributed by atoms with Crippen LogP contribution in [-0.4, -0.2) is 60.8 Å². The lowest BCUT2D eigenvalue weighted by Gasteiger charge is -2.39. The monoisotopic (exact) mass is 608 g/mol. The number of hydrogen-bond acceptors (Lipinski definition) is 8. The molecule has 4 atom stereocenters. The lowest BCUT2D eigenvalue weighted by molar-refractivity contribution is -0.142. The van der Waals surface area contributed by atoms with E-state index in [4.69, 9.17) is 18.9 Å². The van der Waals surface area contributed by atoms with Gasteiger partial charge in [-0.1, -0.05) is 86.0 Å². The Kier molecular flexibility index (Phi) is 9.97. The van der Waals surface area contributed by atoms with Crippen molar-refractivity contribution in [3.05, 3.63) is 145 Å². The van der Waals surface area contributed by atoms with Crippen LogP contribution >= 0.6 is 0 Å². The van der Waals surface area contributed by atoms with Gasteiger partial charge in [0.2, 0.25) is 0 Å². The first kappa shape index (κ1) is 31.5. The number of carbonyl (C=O) groups excluding carboxylic acids is 2. The van der Waals surface area contributed by atoms with Crippen LogP contribution in [0.5, 0.6) is 11.5 Å². The predicted octanol–water partition coefficient (Wildman–Crippen LogP) is 4.80. The quantitative estimate of drug-likeness (QED) is 0.198. The van der Waals surface area contributed by atoms with Crippen LogP contribution in [0.4, 0.5) is 0 Å². The second-order valence-electron chi connectivity index (χ2n) is 10.9. The Balaban J connectivity index is 1.42. The molecule has 0 aromatic heterocycles. The van der Waals surface area contributed by atoms with Crippen LogP contribution in [0, 0.1) is 5.92 Å². The number of esters is 2. The highest BCUT2D eigenvalue weighted by molar-refractivity contribution is 5.81. The number of ether oxygens (including phenoxy) is 4. The van der Waals surface area contributed by atoms with Crippen LogP contribution in [-0.2, 0) is 24.5 Å². The molecular formula is C37H36O8. The van der Waals surface area contributed by atoms with Crippen molar-refractivity contribution >= 4 is 11.9 Å². The van der Waals surface area contributed by atoms with E-state index in [-0.39, 0.29) is 38.3 Å². The number of rotatable bonds is 14. The molecule has 0 saturated carbocycles. The first-order valence-electron chi connectivity index (χ1n) is 14.7. The minimum Gasteiger partial charge on any atom is -0.491 e. The first-order valence-corrected chi connectivity index (χ1v) is 14.7. The van der Waals surface area contributed by atoms with Crippen LogP contribution in [0.1, 0.15) is 28.2 Å². The zero-order valence-electron chi connectivity index (χ0n) is 24.8. The molecule has 2 aliphatic carbocycles. The molecule has 8 heteroatoms. The molecule has 0 amide bonds. The van der Waals surface area contributed by atoms with Crippen molar-refractivity contribution in [1.29, 1.82) is 0 Å². The Morgan fingerprint density at radius 2 is 1.20 bits per heavy atom. The van der Waals surface area contributed by atoms with Gasteiger partial charge < -0.3 is 29.2 Å². The number of fused-ring (bicyclic) bond motifs is 3. The van der Waals surface area contributed by atoms with Crippen molar-refractivity contribution in [3.8, 4) is 11.5 Å². The van der Waals surface area contributed by atoms with Gasteiger partial charge in [0, 0.05) is 24.0 Å². The summed E-state index contributed by atoms with van der Waals surface area (Å²) < 4.78 is 21.4. The second-order valence-corrected chi connectivity index (χ2v) is 10.9. The molecule has 4 unspecified atom stereocenters. The fraction of sp³-hybridized carbons (Fsp3) is 0.243. The van der Waals surface area contributed by atoms with Gasteiger partial charge in [0.05, 0.1) is 5.41 Å². The van der Waals surface area contributed by atoms with Gasteiger partial charge in [0.1, 0.15) is 50.1 Å². The van der Waals surface area contributed by atoms with E-state index in [0.717, 1.165) is 23.3 Å². The van der Waals surface area contributed by atoms with Crippen molar-refractivity contribution in [2.24, 2.45) is 5.92 Å². The number of hydrogen-bond donors (Lipinski definition) is 2. The summed E-state index contributed by atoms with van der Waals surface area (Å²) in [7, 11) is 0. The molecule has 0 spiro atoms. The molecule has 2 N–H and O–H groups in total. The number of carbonyl (C=O) groups is 2. The van der Waals surface area contributed by atoms with Gasteiger partial charge >= 0.3 is 11.9 Å². The summed E-state index contributed by atoms with van der Waals surface area (Å²) >= 11 is 0. The van der Waals surface area contributed by atoms with Crippen molar-refractivity contribution in [2.45, 2.75) is 23.5 Å². The molecule has 0 bridgehead atoms. The molecule has 0 fully saturated rings. The van der Waals surface area contributed by atoms with Gasteiger partial charge in [-0.25, -0.2) is 9.59 Å². The topological polar surface area (TPSA) is 112 Å². The highest BCUT2D eigenvalue weighted by atomic mass is 16.6. The van der Waals surface area contributed by atoms with Crippen LogP contribution < -0.4 is 9.47 Å². The van der Waals surface area contributed by atoms with Crippen molar-refractivity contribution in [3.63, 3.8) is 0 Å². The average Bonchev–Trinajstić information content (AvgIpc) is 3.39. The molecule has 0 saturated heterocycles. The number of aliphatic hydroxyl groups excluding tert-OH is 2. The average molecular weight is 609 g/mol. The summed E-state index contributed by atoms with van der Waals surface area (Å²) in [5, 5.41) is 20.3. The second kappa shape index (κ2) is 14.2. The Morgan fingerprint density at radius 1 is 0.711 bits per heavy atom. The van der Waals surface area contributed by atoms with E-state index < -0.39 is 29.6 Å².